The molecule has 21 heteroatoms. The van der Waals surface area contributed by atoms with E-state index in [0.29, 0.717) is 12.8 Å². The third-order valence-electron chi connectivity index (χ3n) is 7.71. The lowest BCUT2D eigenvalue weighted by Gasteiger charge is -2.37. The van der Waals surface area contributed by atoms with E-state index in [2.05, 4.69) is 9.47 Å². The summed E-state index contributed by atoms with van der Waals surface area (Å²) in [6.45, 7) is 4.47. The van der Waals surface area contributed by atoms with E-state index in [4.69, 9.17) is 60.5 Å². The molecule has 4 aliphatic rings. The Morgan fingerprint density at radius 2 is 1.08 bits per heavy atom. The van der Waals surface area contributed by atoms with Gasteiger partial charge in [-0.15, -0.1) is 0 Å². The Balaban J connectivity index is 0.000000624. The van der Waals surface area contributed by atoms with E-state index in [0.717, 1.165) is 6.92 Å². The van der Waals surface area contributed by atoms with Crippen molar-refractivity contribution in [3.63, 3.8) is 0 Å². The maximum atomic E-state index is 10.8. The highest BCUT2D eigenvalue weighted by Gasteiger charge is 2.45. The summed E-state index contributed by atoms with van der Waals surface area (Å²) < 4.78 is 19.0. The van der Waals surface area contributed by atoms with Gasteiger partial charge in [0, 0.05) is 12.8 Å². The molecule has 292 valence electrons. The Kier molecular flexibility index (Phi) is 21.0. The highest BCUT2D eigenvalue weighted by atomic mass is 16.6. The van der Waals surface area contributed by atoms with Crippen LogP contribution in [0, 0.1) is 0 Å². The first-order valence-corrected chi connectivity index (χ1v) is 15.0. The average molecular weight is 727 g/mol. The van der Waals surface area contributed by atoms with E-state index in [1.54, 1.807) is 13.8 Å². The lowest BCUT2D eigenvalue weighted by Crippen LogP contribution is -2.59. The fraction of sp³-hybridized carbons (Fsp3) is 0.929. The Bertz CT molecular complexity index is 955. The number of carbonyl (C=O) groups excluding carboxylic acids is 1. The molecule has 0 aromatic heterocycles. The molecule has 0 bridgehead atoms. The number of hydrogen-bond acceptors (Lipinski definition) is 20. The number of aliphatic hydroxyl groups excluding tert-OH is 14. The zero-order valence-corrected chi connectivity index (χ0v) is 26.4. The third kappa shape index (κ3) is 13.5. The van der Waals surface area contributed by atoms with Gasteiger partial charge in [-0.05, 0) is 20.3 Å². The van der Waals surface area contributed by atoms with Crippen LogP contribution in [0.1, 0.15) is 47.5 Å². The van der Waals surface area contributed by atoms with Gasteiger partial charge in [-0.1, -0.05) is 14.4 Å². The number of aliphatic hydroxyl groups is 14. The van der Waals surface area contributed by atoms with Crippen molar-refractivity contribution >= 4 is 11.8 Å². The summed E-state index contributed by atoms with van der Waals surface area (Å²) in [5.74, 6) is -1.92. The maximum absolute atomic E-state index is 10.8. The second kappa shape index (κ2) is 21.7. The standard InChI is InChI=1S/C7H12O6.C7H14O5.C7H14O4.C6H10O6.CH4/c1-2(8)6-4(10)3(9)5(11)7(12)13-6;1-2-3-4(8)5(9)6(10)7(11)12-3;1-4-2-5(9)7(10)6(3-8)11-4;7-2-1-3(8)12-5(4(2)9)6(10)11;/h3-7,9-12H,1H3;3-11H,2H2,1H3;4-10H,2-3H2,1H3;2-5,7-9H,1H2,(H,10,11);1H4/t3-,4?,5-,6?,7?;3?,4?,5-,6+,7?;4?,5-,6?,7?;2-,3?,4?,5?;/m0011./s1. The zero-order valence-electron chi connectivity index (χ0n) is 26.4. The normalized spacial score (nSPS) is 45.0. The molecule has 0 aromatic rings. The Labute approximate surface area is 281 Å². The Morgan fingerprint density at radius 3 is 1.55 bits per heavy atom. The number of carboxylic acid groups (broad SMARTS) is 1. The molecule has 4 aliphatic heterocycles. The molecule has 0 aliphatic carbocycles. The van der Waals surface area contributed by atoms with Crippen LogP contribution < -0.4 is 0 Å². The molecule has 15 N–H and O–H groups in total. The molecule has 4 rings (SSSR count). The second-order valence-corrected chi connectivity index (χ2v) is 11.6. The monoisotopic (exact) mass is 726 g/mol. The van der Waals surface area contributed by atoms with Crippen molar-refractivity contribution in [3.05, 3.63) is 0 Å². The van der Waals surface area contributed by atoms with Crippen molar-refractivity contribution in [2.24, 2.45) is 0 Å². The van der Waals surface area contributed by atoms with Gasteiger partial charge in [0.15, 0.2) is 30.8 Å². The minimum absolute atomic E-state index is 0. The molecule has 4 heterocycles. The maximum Gasteiger partial charge on any atom is 0.335 e. The van der Waals surface area contributed by atoms with E-state index in [-0.39, 0.29) is 26.6 Å². The van der Waals surface area contributed by atoms with Gasteiger partial charge in [-0.2, -0.15) is 0 Å². The van der Waals surface area contributed by atoms with Crippen molar-refractivity contribution in [2.75, 3.05) is 6.61 Å². The first kappa shape index (κ1) is 47.4. The molecule has 0 amide bonds. The largest absolute Gasteiger partial charge is 0.479 e. The van der Waals surface area contributed by atoms with Crippen molar-refractivity contribution in [1.29, 1.82) is 0 Å². The van der Waals surface area contributed by atoms with Crippen molar-refractivity contribution in [2.45, 2.75) is 158 Å². The molecule has 0 aromatic carbocycles. The molecule has 4 saturated heterocycles. The number of ketones is 1. The van der Waals surface area contributed by atoms with Gasteiger partial charge >= 0.3 is 5.97 Å². The predicted octanol–water partition coefficient (Wildman–Crippen LogP) is -7.01. The number of aliphatic carboxylic acids is 1. The highest BCUT2D eigenvalue weighted by Crippen LogP contribution is 2.23. The van der Waals surface area contributed by atoms with Gasteiger partial charge in [0.2, 0.25) is 0 Å². The number of ether oxygens (including phenoxy) is 4. The molecular formula is C28H54O21. The molecule has 18 atom stereocenters. The van der Waals surface area contributed by atoms with Gasteiger partial charge in [0.05, 0.1) is 31.0 Å². The van der Waals surface area contributed by atoms with E-state index in [1.165, 1.54) is 0 Å². The van der Waals surface area contributed by atoms with Crippen molar-refractivity contribution in [1.82, 2.24) is 0 Å². The van der Waals surface area contributed by atoms with E-state index >= 15 is 0 Å². The fourth-order valence-electron chi connectivity index (χ4n) is 4.84. The minimum Gasteiger partial charge on any atom is -0.479 e. The summed E-state index contributed by atoms with van der Waals surface area (Å²) in [4.78, 5) is 21.2. The highest BCUT2D eigenvalue weighted by molar-refractivity contribution is 5.81. The van der Waals surface area contributed by atoms with Crippen molar-refractivity contribution in [3.8, 4) is 0 Å². The SMILES string of the molecule is C.CC(=O)C1OC(O)[C@@H](O)[C@@H](O)C1O.CC1C[C@@H](O)C(O)C(CO)O1.CCC1OC(O)[C@H](O)[C@@H](O)C1O.O=C(O)C1OC(O)C[C@@H](O)C1O. The van der Waals surface area contributed by atoms with Crippen LogP contribution >= 0.6 is 0 Å². The molecular weight excluding hydrogens is 672 g/mol. The summed E-state index contributed by atoms with van der Waals surface area (Å²) in [5, 5.41) is 135. The van der Waals surface area contributed by atoms with Gasteiger partial charge in [0.25, 0.3) is 0 Å². The lowest BCUT2D eigenvalue weighted by atomic mass is 9.97. The van der Waals surface area contributed by atoms with E-state index < -0.39 is 116 Å². The van der Waals surface area contributed by atoms with E-state index in [1.807, 2.05) is 0 Å². The predicted molar refractivity (Wildman–Crippen MR) is 159 cm³/mol. The number of carbonyl (C=O) groups is 2. The molecule has 12 unspecified atom stereocenters. The van der Waals surface area contributed by atoms with E-state index in [9.17, 15) is 35.1 Å². The second-order valence-electron chi connectivity index (χ2n) is 11.6. The third-order valence-corrected chi connectivity index (χ3v) is 7.71. The lowest BCUT2D eigenvalue weighted by molar-refractivity contribution is -0.281. The summed E-state index contributed by atoms with van der Waals surface area (Å²) >= 11 is 0. The van der Waals surface area contributed by atoms with Crippen LogP contribution in [0.3, 0.4) is 0 Å². The van der Waals surface area contributed by atoms with Crippen LogP contribution in [0.2, 0.25) is 0 Å². The quantitative estimate of drug-likeness (QED) is 0.128. The molecule has 21 nitrogen and oxygen atoms in total. The van der Waals surface area contributed by atoms with Gasteiger partial charge < -0.3 is 95.5 Å². The average Bonchev–Trinajstić information content (AvgIpc) is 3.02. The molecule has 49 heavy (non-hydrogen) atoms. The first-order chi connectivity index (χ1) is 22.2. The van der Waals surface area contributed by atoms with Crippen LogP contribution in [0.5, 0.6) is 0 Å². The smallest absolute Gasteiger partial charge is 0.335 e. The fourth-order valence-corrected chi connectivity index (χ4v) is 4.84. The van der Waals surface area contributed by atoms with Crippen LogP contribution in [0.25, 0.3) is 0 Å². The van der Waals surface area contributed by atoms with Crippen LogP contribution in [-0.2, 0) is 28.5 Å². The molecule has 0 spiro atoms. The van der Waals surface area contributed by atoms with Gasteiger partial charge in [-0.3, -0.25) is 4.79 Å². The molecule has 0 saturated carbocycles. The first-order valence-electron chi connectivity index (χ1n) is 15.0. The number of carboxylic acids is 1. The van der Waals surface area contributed by atoms with Gasteiger partial charge in [-0.25, -0.2) is 4.79 Å². The van der Waals surface area contributed by atoms with Crippen molar-refractivity contribution < 1.29 is 105 Å². The minimum atomic E-state index is -1.65. The Hall–Kier alpha value is -1.58. The summed E-state index contributed by atoms with van der Waals surface area (Å²) in [6, 6.07) is 0. The number of rotatable bonds is 4. The topological polar surface area (TPSA) is 375 Å². The molecule has 0 radical (unpaired) electrons. The molecule has 4 fully saturated rings. The summed E-state index contributed by atoms with van der Waals surface area (Å²) in [5.41, 5.74) is 0. The zero-order chi connectivity index (χ0) is 37.2. The van der Waals surface area contributed by atoms with Gasteiger partial charge in [0.1, 0.15) is 61.0 Å². The van der Waals surface area contributed by atoms with Crippen LogP contribution in [-0.4, -0.2) is 205 Å². The Morgan fingerprint density at radius 1 is 0.592 bits per heavy atom. The van der Waals surface area contributed by atoms with Crippen LogP contribution in [0.15, 0.2) is 0 Å². The number of Topliss-reactive ketones (excluding diaryl/α,β-unsaturated/α-hetero) is 1. The number of hydrogen-bond donors (Lipinski definition) is 15. The van der Waals surface area contributed by atoms with Crippen LogP contribution in [0.4, 0.5) is 0 Å². The summed E-state index contributed by atoms with van der Waals surface area (Å²) in [6.07, 6.45) is -20.8. The summed E-state index contributed by atoms with van der Waals surface area (Å²) in [7, 11) is 0.